The van der Waals surface area contributed by atoms with Gasteiger partial charge in [-0.2, -0.15) is 0 Å². The quantitative estimate of drug-likeness (QED) is 0.0273. The number of unbranched alkanes of at least 4 members (excludes halogenated alkanes) is 19. The van der Waals surface area contributed by atoms with Crippen molar-refractivity contribution >= 4 is 13.7 Å². The first-order valence-electron chi connectivity index (χ1n) is 25.9. The number of nitrogens with zero attached hydrogens (tertiary/aromatic N) is 1. The number of aliphatic hydroxyl groups is 1. The number of rotatable bonds is 46. The van der Waals surface area contributed by atoms with Crippen molar-refractivity contribution in [2.45, 2.75) is 219 Å². The van der Waals surface area contributed by atoms with Crippen LogP contribution in [0, 0.1) is 0 Å². The average Bonchev–Trinajstić information content (AvgIpc) is 3.25. The molecule has 0 radical (unpaired) electrons. The second-order valence-corrected chi connectivity index (χ2v) is 19.9. The molecule has 0 aliphatic carbocycles. The number of aliphatic hydroxyl groups excluding tert-OH is 1. The molecule has 0 saturated heterocycles. The van der Waals surface area contributed by atoms with Gasteiger partial charge in [0, 0.05) is 6.42 Å². The summed E-state index contributed by atoms with van der Waals surface area (Å²) >= 11 is 0. The van der Waals surface area contributed by atoms with Gasteiger partial charge in [0.25, 0.3) is 7.82 Å². The van der Waals surface area contributed by atoms with Crippen molar-refractivity contribution in [2.24, 2.45) is 0 Å². The molecule has 3 unspecified atom stereocenters. The maximum absolute atomic E-state index is 12.7. The fourth-order valence-corrected chi connectivity index (χ4v) is 7.80. The number of amides is 1. The number of quaternary nitrogens is 1. The lowest BCUT2D eigenvalue weighted by molar-refractivity contribution is -0.870. The summed E-state index contributed by atoms with van der Waals surface area (Å²) in [7, 11) is 1.29. The van der Waals surface area contributed by atoms with Gasteiger partial charge in [0.15, 0.2) is 0 Å². The Bertz CT molecular complexity index is 1310. The van der Waals surface area contributed by atoms with E-state index in [4.69, 9.17) is 9.05 Å². The molecule has 1 amide bonds. The van der Waals surface area contributed by atoms with E-state index in [2.05, 4.69) is 104 Å². The third kappa shape index (κ3) is 47.6. The predicted molar refractivity (Wildman–Crippen MR) is 274 cm³/mol. The fraction of sp³-hybridized carbons (Fsp3) is 0.727. The van der Waals surface area contributed by atoms with E-state index in [0.717, 1.165) is 83.5 Å². The molecule has 0 aliphatic heterocycles. The summed E-state index contributed by atoms with van der Waals surface area (Å²) in [5.41, 5.74) is 0. The normalized spacial score (nSPS) is 14.8. The van der Waals surface area contributed by atoms with Crippen LogP contribution >= 0.6 is 7.82 Å². The molecule has 0 heterocycles. The van der Waals surface area contributed by atoms with E-state index in [9.17, 15) is 19.4 Å². The number of hydrogen-bond donors (Lipinski definition) is 2. The highest BCUT2D eigenvalue weighted by molar-refractivity contribution is 7.45. The molecular formula is C55H99N2O6P. The molecule has 0 aromatic heterocycles. The van der Waals surface area contributed by atoms with Crippen LogP contribution in [0.1, 0.15) is 206 Å². The highest BCUT2D eigenvalue weighted by atomic mass is 31.2. The van der Waals surface area contributed by atoms with E-state index < -0.39 is 20.0 Å². The summed E-state index contributed by atoms with van der Waals surface area (Å²) in [5.74, 6) is -0.179. The van der Waals surface area contributed by atoms with Crippen LogP contribution < -0.4 is 10.2 Å². The first-order chi connectivity index (χ1) is 31.0. The molecule has 3 atom stereocenters. The van der Waals surface area contributed by atoms with Gasteiger partial charge < -0.3 is 28.8 Å². The van der Waals surface area contributed by atoms with Crippen LogP contribution in [0.4, 0.5) is 0 Å². The van der Waals surface area contributed by atoms with E-state index >= 15 is 0 Å². The second kappa shape index (κ2) is 45.8. The molecule has 0 fully saturated rings. The van der Waals surface area contributed by atoms with Crippen molar-refractivity contribution in [3.8, 4) is 0 Å². The van der Waals surface area contributed by atoms with Crippen molar-refractivity contribution in [3.05, 3.63) is 85.1 Å². The van der Waals surface area contributed by atoms with E-state index in [1.165, 1.54) is 96.3 Å². The summed E-state index contributed by atoms with van der Waals surface area (Å²) in [4.78, 5) is 25.0. The van der Waals surface area contributed by atoms with Crippen LogP contribution in [0.15, 0.2) is 85.1 Å². The molecule has 0 spiro atoms. The van der Waals surface area contributed by atoms with Gasteiger partial charge in [0.1, 0.15) is 13.2 Å². The van der Waals surface area contributed by atoms with E-state index in [1.54, 1.807) is 0 Å². The Hall–Kier alpha value is -2.32. The molecule has 0 aromatic carbocycles. The Morgan fingerprint density at radius 1 is 0.562 bits per heavy atom. The summed E-state index contributed by atoms with van der Waals surface area (Å²) in [5, 5.41) is 13.6. The average molecular weight is 915 g/mol. The van der Waals surface area contributed by atoms with Crippen LogP contribution in [0.25, 0.3) is 0 Å². The molecule has 0 rings (SSSR count). The van der Waals surface area contributed by atoms with Gasteiger partial charge in [-0.1, -0.05) is 214 Å². The third-order valence-corrected chi connectivity index (χ3v) is 12.1. The number of phosphoric ester groups is 1. The van der Waals surface area contributed by atoms with Crippen LogP contribution in [-0.2, 0) is 18.4 Å². The van der Waals surface area contributed by atoms with Crippen molar-refractivity contribution in [1.29, 1.82) is 0 Å². The number of carbonyl (C=O) groups is 1. The lowest BCUT2D eigenvalue weighted by Crippen LogP contribution is -2.46. The van der Waals surface area contributed by atoms with Crippen LogP contribution in [0.5, 0.6) is 0 Å². The Morgan fingerprint density at radius 2 is 0.953 bits per heavy atom. The maximum Gasteiger partial charge on any atom is 0.268 e. The summed E-state index contributed by atoms with van der Waals surface area (Å²) in [6.07, 6.45) is 64.3. The first kappa shape index (κ1) is 61.7. The van der Waals surface area contributed by atoms with Gasteiger partial charge in [-0.3, -0.25) is 9.36 Å². The molecule has 9 heteroatoms. The summed E-state index contributed by atoms with van der Waals surface area (Å²) < 4.78 is 23.0. The van der Waals surface area contributed by atoms with Gasteiger partial charge in [-0.05, 0) is 70.6 Å². The van der Waals surface area contributed by atoms with E-state index in [0.29, 0.717) is 23.9 Å². The highest BCUT2D eigenvalue weighted by Crippen LogP contribution is 2.38. The Morgan fingerprint density at radius 3 is 1.36 bits per heavy atom. The van der Waals surface area contributed by atoms with E-state index in [1.807, 2.05) is 21.1 Å². The number of carbonyl (C=O) groups excluding carboxylic acids is 1. The lowest BCUT2D eigenvalue weighted by Gasteiger charge is -2.30. The minimum Gasteiger partial charge on any atom is -0.756 e. The molecule has 0 saturated carbocycles. The number of hydrogen-bond acceptors (Lipinski definition) is 6. The second-order valence-electron chi connectivity index (χ2n) is 18.5. The first-order valence-corrected chi connectivity index (χ1v) is 27.4. The fourth-order valence-electron chi connectivity index (χ4n) is 7.08. The maximum atomic E-state index is 12.7. The van der Waals surface area contributed by atoms with Gasteiger partial charge in [0.2, 0.25) is 5.91 Å². The van der Waals surface area contributed by atoms with E-state index in [-0.39, 0.29) is 19.1 Å². The molecular weight excluding hydrogens is 816 g/mol. The number of nitrogens with one attached hydrogen (secondary N) is 1. The minimum atomic E-state index is -4.54. The van der Waals surface area contributed by atoms with Crippen molar-refractivity contribution in [1.82, 2.24) is 5.32 Å². The zero-order valence-electron chi connectivity index (χ0n) is 42.0. The Kier molecular flexibility index (Phi) is 44.2. The topological polar surface area (TPSA) is 108 Å². The molecule has 370 valence electrons. The minimum absolute atomic E-state index is 0.00864. The predicted octanol–water partition coefficient (Wildman–Crippen LogP) is 14.7. The molecule has 64 heavy (non-hydrogen) atoms. The lowest BCUT2D eigenvalue weighted by atomic mass is 10.0. The Balaban J connectivity index is 3.72. The molecule has 0 aliphatic rings. The largest absolute Gasteiger partial charge is 0.756 e. The molecule has 0 bridgehead atoms. The number of likely N-dealkylation sites (N-methyl/N-ethyl adjacent to an activating group) is 1. The zero-order chi connectivity index (χ0) is 47.1. The summed E-state index contributed by atoms with van der Waals surface area (Å²) in [6, 6.07) is -0.798. The van der Waals surface area contributed by atoms with Crippen LogP contribution in [0.2, 0.25) is 0 Å². The third-order valence-electron chi connectivity index (χ3n) is 11.1. The number of allylic oxidation sites excluding steroid dienone is 14. The molecule has 8 nitrogen and oxygen atoms in total. The standard InChI is InChI=1S/C55H99N2O6P/c1-6-8-10-11-12-13-14-15-16-17-18-19-20-21-22-23-24-25-26-27-28-29-30-31-32-33-34-35-36-37-38-39-40-41-42-43-44-45-47-49-55(59)56-53(54(58)48-46-9-7-2)52-63-64(60,61)62-51-50-57(3,4)5/h8,10,12-13,15-16,18-19,21-22,24-25,27-28,53-54,58H,6-7,9,11,14,17,20,23,26,29-52H2,1-5H3,(H-,56,59,60,61)/b10-8-,13-12-,16-15-,19-18-,22-21-,25-24-,28-27-. The van der Waals surface area contributed by atoms with Gasteiger partial charge >= 0.3 is 0 Å². The van der Waals surface area contributed by atoms with Gasteiger partial charge in [-0.25, -0.2) is 0 Å². The van der Waals surface area contributed by atoms with Crippen molar-refractivity contribution < 1.29 is 32.9 Å². The zero-order valence-corrected chi connectivity index (χ0v) is 42.8. The summed E-state index contributed by atoms with van der Waals surface area (Å²) in [6.45, 7) is 4.42. The molecule has 0 aromatic rings. The highest BCUT2D eigenvalue weighted by Gasteiger charge is 2.24. The van der Waals surface area contributed by atoms with Gasteiger partial charge in [0.05, 0.1) is 39.9 Å². The SMILES string of the molecule is CC/C=C\C/C=C\C/C=C\C/C=C\C/C=C\C/C=C\C/C=C\CCCCCCCCCCCCCCCCCCCC(=O)NC(COP(=O)([O-])OCC[N+](C)(C)C)C(O)CCCCC. The van der Waals surface area contributed by atoms with Crippen molar-refractivity contribution in [2.75, 3.05) is 40.9 Å². The monoisotopic (exact) mass is 915 g/mol. The Labute approximate surface area is 395 Å². The van der Waals surface area contributed by atoms with Crippen molar-refractivity contribution in [3.63, 3.8) is 0 Å². The smallest absolute Gasteiger partial charge is 0.268 e. The van der Waals surface area contributed by atoms with Crippen LogP contribution in [0.3, 0.4) is 0 Å². The number of phosphoric acid groups is 1. The van der Waals surface area contributed by atoms with Gasteiger partial charge in [-0.15, -0.1) is 0 Å². The molecule has 2 N–H and O–H groups in total. The van der Waals surface area contributed by atoms with Crippen LogP contribution in [-0.4, -0.2) is 68.5 Å².